The van der Waals surface area contributed by atoms with E-state index in [1.165, 1.54) is 6.07 Å². The standard InChI is InChI=1S/C25H27N2O4/c28-25(20-7-3-1-4-8-20,21-9-5-2-6-10-21)24-13-16-27(17-14-24,18-15-24)19-22-11-12-23(31-22)26(29)30/h1-12,28H,13-19H2/q+1. The van der Waals surface area contributed by atoms with Crippen LogP contribution in [0.1, 0.15) is 36.1 Å². The molecule has 0 saturated carbocycles. The van der Waals surface area contributed by atoms with E-state index in [1.807, 2.05) is 60.7 Å². The Bertz CT molecular complexity index is 1010. The zero-order chi connectivity index (χ0) is 21.5. The van der Waals surface area contributed by atoms with Crippen LogP contribution in [0.4, 0.5) is 5.88 Å². The number of piperidine rings is 3. The first-order valence-corrected chi connectivity index (χ1v) is 10.9. The van der Waals surface area contributed by atoms with Gasteiger partial charge in [-0.05, 0) is 17.2 Å². The molecular formula is C25H27N2O4+. The van der Waals surface area contributed by atoms with Crippen molar-refractivity contribution in [3.05, 3.63) is 99.8 Å². The van der Waals surface area contributed by atoms with Gasteiger partial charge in [-0.1, -0.05) is 60.7 Å². The monoisotopic (exact) mass is 419 g/mol. The Morgan fingerprint density at radius 3 is 1.87 bits per heavy atom. The van der Waals surface area contributed by atoms with E-state index in [0.717, 1.165) is 54.5 Å². The van der Waals surface area contributed by atoms with Gasteiger partial charge in [0.05, 0.1) is 25.7 Å². The zero-order valence-corrected chi connectivity index (χ0v) is 17.4. The molecule has 6 nitrogen and oxygen atoms in total. The van der Waals surface area contributed by atoms with E-state index in [-0.39, 0.29) is 11.3 Å². The fraction of sp³-hybridized carbons (Fsp3) is 0.360. The van der Waals surface area contributed by atoms with Crippen molar-refractivity contribution in [1.29, 1.82) is 0 Å². The summed E-state index contributed by atoms with van der Waals surface area (Å²) >= 11 is 0. The topological polar surface area (TPSA) is 76.5 Å². The highest BCUT2D eigenvalue weighted by Gasteiger charge is 2.60. The fourth-order valence-electron chi connectivity index (χ4n) is 5.86. The highest BCUT2D eigenvalue weighted by atomic mass is 16.6. The quantitative estimate of drug-likeness (QED) is 0.359. The van der Waals surface area contributed by atoms with Crippen molar-refractivity contribution in [2.45, 2.75) is 31.4 Å². The van der Waals surface area contributed by atoms with Crippen LogP contribution in [0.15, 0.2) is 77.2 Å². The van der Waals surface area contributed by atoms with Gasteiger partial charge in [0.15, 0.2) is 5.76 Å². The highest BCUT2D eigenvalue weighted by Crippen LogP contribution is 2.57. The first-order valence-electron chi connectivity index (χ1n) is 10.9. The van der Waals surface area contributed by atoms with Crippen molar-refractivity contribution in [2.75, 3.05) is 19.6 Å². The predicted octanol–water partition coefficient (Wildman–Crippen LogP) is 4.62. The lowest BCUT2D eigenvalue weighted by Gasteiger charge is -2.59. The Balaban J connectivity index is 1.45. The minimum atomic E-state index is -1.05. The van der Waals surface area contributed by atoms with E-state index in [2.05, 4.69) is 0 Å². The van der Waals surface area contributed by atoms with Crippen molar-refractivity contribution in [1.82, 2.24) is 0 Å². The maximum atomic E-state index is 12.4. The van der Waals surface area contributed by atoms with E-state index in [0.29, 0.717) is 12.3 Å². The zero-order valence-electron chi connectivity index (χ0n) is 17.4. The molecule has 31 heavy (non-hydrogen) atoms. The first kappa shape index (κ1) is 20.0. The van der Waals surface area contributed by atoms with Gasteiger partial charge in [0.1, 0.15) is 17.1 Å². The van der Waals surface area contributed by atoms with Crippen LogP contribution >= 0.6 is 0 Å². The van der Waals surface area contributed by atoms with Crippen LogP contribution in [-0.4, -0.2) is 34.1 Å². The van der Waals surface area contributed by atoms with Crippen molar-refractivity contribution in [2.24, 2.45) is 5.41 Å². The number of furan rings is 1. The largest absolute Gasteiger partial charge is 0.433 e. The van der Waals surface area contributed by atoms with Crippen LogP contribution in [0.5, 0.6) is 0 Å². The predicted molar refractivity (Wildman–Crippen MR) is 116 cm³/mol. The minimum Gasteiger partial charge on any atom is -0.400 e. The van der Waals surface area contributed by atoms with Gasteiger partial charge in [0.2, 0.25) is 0 Å². The van der Waals surface area contributed by atoms with Crippen LogP contribution in [0.3, 0.4) is 0 Å². The van der Waals surface area contributed by atoms with Gasteiger partial charge in [-0.15, -0.1) is 0 Å². The van der Waals surface area contributed by atoms with Gasteiger partial charge in [-0.3, -0.25) is 10.1 Å². The molecule has 6 rings (SSSR count). The molecule has 0 atom stereocenters. The van der Waals surface area contributed by atoms with Crippen LogP contribution in [0, 0.1) is 15.5 Å². The van der Waals surface area contributed by atoms with E-state index in [1.54, 1.807) is 6.07 Å². The molecule has 4 heterocycles. The summed E-state index contributed by atoms with van der Waals surface area (Å²) in [6.07, 6.45) is 2.70. The van der Waals surface area contributed by atoms with Crippen molar-refractivity contribution < 1.29 is 18.9 Å². The summed E-state index contributed by atoms with van der Waals surface area (Å²) in [6, 6.07) is 23.3. The molecule has 0 unspecified atom stereocenters. The summed E-state index contributed by atoms with van der Waals surface area (Å²) < 4.78 is 6.33. The fourth-order valence-corrected chi connectivity index (χ4v) is 5.86. The molecule has 3 aliphatic rings. The van der Waals surface area contributed by atoms with E-state index in [4.69, 9.17) is 4.42 Å². The molecule has 0 amide bonds. The third kappa shape index (κ3) is 3.18. The average Bonchev–Trinajstić information content (AvgIpc) is 3.29. The SMILES string of the molecule is O=[N+]([O-])c1ccc(C[N+]23CCC(C(O)(c4ccccc4)c4ccccc4)(CC2)CC3)o1. The molecule has 3 aliphatic heterocycles. The Kier molecular flexibility index (Phi) is 4.72. The number of quaternary nitrogens is 1. The lowest BCUT2D eigenvalue weighted by molar-refractivity contribution is -0.959. The minimum absolute atomic E-state index is 0.195. The molecule has 1 N–H and O–H groups in total. The maximum Gasteiger partial charge on any atom is 0.433 e. The van der Waals surface area contributed by atoms with Gasteiger partial charge in [0.25, 0.3) is 0 Å². The van der Waals surface area contributed by atoms with Gasteiger partial charge in [0, 0.05) is 24.7 Å². The van der Waals surface area contributed by atoms with Gasteiger partial charge >= 0.3 is 5.88 Å². The van der Waals surface area contributed by atoms with Crippen molar-refractivity contribution >= 4 is 5.88 Å². The average molecular weight is 420 g/mol. The van der Waals surface area contributed by atoms with Crippen LogP contribution in [0.25, 0.3) is 0 Å². The molecule has 0 aliphatic carbocycles. The smallest absolute Gasteiger partial charge is 0.400 e. The summed E-state index contributed by atoms with van der Waals surface area (Å²) in [7, 11) is 0. The number of nitro groups is 1. The second-order valence-electron chi connectivity index (χ2n) is 9.14. The number of nitrogens with zero attached hydrogens (tertiary/aromatic N) is 2. The second-order valence-corrected chi connectivity index (χ2v) is 9.14. The van der Waals surface area contributed by atoms with Crippen molar-refractivity contribution in [3.63, 3.8) is 0 Å². The third-order valence-electron chi connectivity index (χ3n) is 7.66. The molecule has 3 fully saturated rings. The number of hydrogen-bond acceptors (Lipinski definition) is 4. The lowest BCUT2D eigenvalue weighted by atomic mass is 9.56. The van der Waals surface area contributed by atoms with Gasteiger partial charge in [-0.2, -0.15) is 0 Å². The molecule has 1 aromatic heterocycles. The Hall–Kier alpha value is -2.96. The molecule has 3 saturated heterocycles. The van der Waals surface area contributed by atoms with E-state index < -0.39 is 10.5 Å². The summed E-state index contributed by atoms with van der Waals surface area (Å²) in [5.41, 5.74) is 0.620. The van der Waals surface area contributed by atoms with E-state index >= 15 is 0 Å². The van der Waals surface area contributed by atoms with Crippen LogP contribution < -0.4 is 0 Å². The molecule has 2 aromatic carbocycles. The molecule has 6 heteroatoms. The molecular weight excluding hydrogens is 392 g/mol. The second kappa shape index (κ2) is 7.32. The van der Waals surface area contributed by atoms with E-state index in [9.17, 15) is 15.2 Å². The lowest BCUT2D eigenvalue weighted by Crippen LogP contribution is -2.66. The number of aliphatic hydroxyl groups is 1. The summed E-state index contributed by atoms with van der Waals surface area (Å²) in [4.78, 5) is 10.5. The number of benzene rings is 2. The maximum absolute atomic E-state index is 12.4. The van der Waals surface area contributed by atoms with Crippen LogP contribution in [-0.2, 0) is 12.1 Å². The van der Waals surface area contributed by atoms with Crippen LogP contribution in [0.2, 0.25) is 0 Å². The molecule has 0 spiro atoms. The molecule has 0 radical (unpaired) electrons. The van der Waals surface area contributed by atoms with Gasteiger partial charge < -0.3 is 14.0 Å². The number of hydrogen-bond donors (Lipinski definition) is 1. The van der Waals surface area contributed by atoms with Crippen molar-refractivity contribution in [3.8, 4) is 0 Å². The number of rotatable bonds is 6. The summed E-state index contributed by atoms with van der Waals surface area (Å²) in [5, 5.41) is 23.4. The molecule has 2 bridgehead atoms. The Morgan fingerprint density at radius 1 is 0.903 bits per heavy atom. The Labute approximate surface area is 181 Å². The normalized spacial score (nSPS) is 25.5. The van der Waals surface area contributed by atoms with Gasteiger partial charge in [-0.25, -0.2) is 0 Å². The summed E-state index contributed by atoms with van der Waals surface area (Å²) in [6.45, 7) is 3.45. The highest BCUT2D eigenvalue weighted by molar-refractivity contribution is 5.39. The molecule has 3 aromatic rings. The number of fused-ring (bicyclic) bond motifs is 3. The third-order valence-corrected chi connectivity index (χ3v) is 7.66. The first-order chi connectivity index (χ1) is 15.0. The summed E-state index contributed by atoms with van der Waals surface area (Å²) in [5.74, 6) is 0.474. The molecule has 160 valence electrons. The Morgan fingerprint density at radius 2 is 1.42 bits per heavy atom.